The zero-order chi connectivity index (χ0) is 16.9. The van der Waals surface area contributed by atoms with E-state index in [0.29, 0.717) is 11.1 Å². The predicted molar refractivity (Wildman–Crippen MR) is 82.3 cm³/mol. The molecule has 0 radical (unpaired) electrons. The fraction of sp³-hybridized carbons (Fsp3) is 0.167. The van der Waals surface area contributed by atoms with Gasteiger partial charge in [-0.05, 0) is 29.7 Å². The monoisotopic (exact) mass is 346 g/mol. The van der Waals surface area contributed by atoms with Gasteiger partial charge >= 0.3 is 0 Å². The number of anilines is 2. The van der Waals surface area contributed by atoms with Crippen molar-refractivity contribution in [2.45, 2.75) is 9.79 Å². The van der Waals surface area contributed by atoms with Gasteiger partial charge < -0.3 is 10.6 Å². The first kappa shape index (κ1) is 16.5. The van der Waals surface area contributed by atoms with Crippen molar-refractivity contribution in [2.75, 3.05) is 24.7 Å². The third-order valence-electron chi connectivity index (χ3n) is 3.08. The van der Waals surface area contributed by atoms with Gasteiger partial charge in [0.2, 0.25) is 0 Å². The van der Waals surface area contributed by atoms with Crippen LogP contribution in [0.5, 0.6) is 0 Å². The Balaban J connectivity index is 3.01. The molecule has 4 N–H and O–H groups in total. The molecule has 0 atom stereocenters. The summed E-state index contributed by atoms with van der Waals surface area (Å²) < 4.78 is 63.5. The van der Waals surface area contributed by atoms with Gasteiger partial charge in [-0.2, -0.15) is 16.8 Å². The van der Waals surface area contributed by atoms with Crippen LogP contribution >= 0.6 is 0 Å². The van der Waals surface area contributed by atoms with E-state index in [9.17, 15) is 21.4 Å². The van der Waals surface area contributed by atoms with Crippen LogP contribution in [0.15, 0.2) is 34.1 Å². The molecule has 0 bridgehead atoms. The summed E-state index contributed by atoms with van der Waals surface area (Å²) in [6.07, 6.45) is 0. The standard InChI is InChI=1S/C12H14N2O6S2/c1-14(2)11-6-9(22(18,19)20)4-7-3-8(21(15,16)17)5-10(13)12(7)11/h3-6H,13H2,1-2H3,(H,15,16,17)(H,18,19,20). The zero-order valence-electron chi connectivity index (χ0n) is 11.7. The quantitative estimate of drug-likeness (QED) is 0.552. The Morgan fingerprint density at radius 2 is 1.36 bits per heavy atom. The summed E-state index contributed by atoms with van der Waals surface area (Å²) in [6, 6.07) is 4.48. The Kier molecular flexibility index (Phi) is 3.81. The molecule has 120 valence electrons. The van der Waals surface area contributed by atoms with Crippen LogP contribution in [0.2, 0.25) is 0 Å². The number of nitrogens with zero attached hydrogens (tertiary/aromatic N) is 1. The molecule has 2 aromatic carbocycles. The molecule has 0 spiro atoms. The number of hydrogen-bond donors (Lipinski definition) is 3. The molecule has 0 amide bonds. The minimum Gasteiger partial charge on any atom is -0.398 e. The molecule has 0 aliphatic rings. The molecule has 8 nitrogen and oxygen atoms in total. The average molecular weight is 346 g/mol. The lowest BCUT2D eigenvalue weighted by molar-refractivity contribution is 0.481. The number of nitrogens with two attached hydrogens (primary N) is 1. The molecule has 0 saturated heterocycles. The van der Waals surface area contributed by atoms with Gasteiger partial charge in [0.1, 0.15) is 0 Å². The summed E-state index contributed by atoms with van der Waals surface area (Å²) in [5.74, 6) is 0. The number of fused-ring (bicyclic) bond motifs is 1. The SMILES string of the molecule is CN(C)c1cc(S(=O)(=O)O)cc2cc(S(=O)(=O)O)cc(N)c12. The molecule has 0 unspecified atom stereocenters. The Hall–Kier alpha value is -1.88. The van der Waals surface area contributed by atoms with Crippen molar-refractivity contribution in [2.24, 2.45) is 0 Å². The van der Waals surface area contributed by atoms with Gasteiger partial charge in [0, 0.05) is 30.9 Å². The van der Waals surface area contributed by atoms with Gasteiger partial charge in [-0.25, -0.2) is 0 Å². The number of hydrogen-bond acceptors (Lipinski definition) is 6. The molecule has 0 aliphatic heterocycles. The lowest BCUT2D eigenvalue weighted by Crippen LogP contribution is -2.12. The Morgan fingerprint density at radius 1 is 0.909 bits per heavy atom. The zero-order valence-corrected chi connectivity index (χ0v) is 13.3. The second kappa shape index (κ2) is 5.09. The van der Waals surface area contributed by atoms with Gasteiger partial charge in [-0.1, -0.05) is 0 Å². The van der Waals surface area contributed by atoms with Crippen LogP contribution in [0, 0.1) is 0 Å². The van der Waals surface area contributed by atoms with E-state index >= 15 is 0 Å². The van der Waals surface area contributed by atoms with Gasteiger partial charge in [0.15, 0.2) is 0 Å². The van der Waals surface area contributed by atoms with Crippen LogP contribution in [0.1, 0.15) is 0 Å². The second-order valence-electron chi connectivity index (χ2n) is 4.90. The molecule has 2 aromatic rings. The van der Waals surface area contributed by atoms with Crippen LogP contribution in [0.4, 0.5) is 11.4 Å². The highest BCUT2D eigenvalue weighted by atomic mass is 32.2. The van der Waals surface area contributed by atoms with Gasteiger partial charge in [-0.15, -0.1) is 0 Å². The van der Waals surface area contributed by atoms with Crippen molar-refractivity contribution in [1.29, 1.82) is 0 Å². The van der Waals surface area contributed by atoms with Gasteiger partial charge in [0.05, 0.1) is 9.79 Å². The van der Waals surface area contributed by atoms with E-state index in [0.717, 1.165) is 18.2 Å². The van der Waals surface area contributed by atoms with Crippen molar-refractivity contribution >= 4 is 42.4 Å². The number of benzene rings is 2. The molecule has 10 heteroatoms. The molecule has 2 rings (SSSR count). The smallest absolute Gasteiger partial charge is 0.294 e. The van der Waals surface area contributed by atoms with Crippen LogP contribution in [0.3, 0.4) is 0 Å². The van der Waals surface area contributed by atoms with E-state index in [2.05, 4.69) is 0 Å². The molecule has 0 aliphatic carbocycles. The average Bonchev–Trinajstić information content (AvgIpc) is 2.34. The highest BCUT2D eigenvalue weighted by Gasteiger charge is 2.19. The maximum Gasteiger partial charge on any atom is 0.294 e. The van der Waals surface area contributed by atoms with E-state index in [1.54, 1.807) is 19.0 Å². The molecular formula is C12H14N2O6S2. The summed E-state index contributed by atoms with van der Waals surface area (Å²) >= 11 is 0. The maximum absolute atomic E-state index is 11.4. The van der Waals surface area contributed by atoms with Gasteiger partial charge in [0.25, 0.3) is 20.2 Å². The van der Waals surface area contributed by atoms with E-state index in [4.69, 9.17) is 10.3 Å². The van der Waals surface area contributed by atoms with Crippen LogP contribution in [-0.2, 0) is 20.2 Å². The number of rotatable bonds is 3. The van der Waals surface area contributed by atoms with Crippen LogP contribution in [0.25, 0.3) is 10.8 Å². The van der Waals surface area contributed by atoms with E-state index in [1.165, 1.54) is 6.07 Å². The molecule has 0 heterocycles. The summed E-state index contributed by atoms with van der Waals surface area (Å²) in [5.41, 5.74) is 6.27. The highest BCUT2D eigenvalue weighted by molar-refractivity contribution is 7.86. The normalized spacial score (nSPS) is 12.5. The lowest BCUT2D eigenvalue weighted by Gasteiger charge is -2.18. The Morgan fingerprint density at radius 3 is 1.77 bits per heavy atom. The first-order chi connectivity index (χ1) is 9.91. The van der Waals surface area contributed by atoms with E-state index in [-0.39, 0.29) is 11.1 Å². The summed E-state index contributed by atoms with van der Waals surface area (Å²) in [7, 11) is -5.72. The second-order valence-corrected chi connectivity index (χ2v) is 7.74. The summed E-state index contributed by atoms with van der Waals surface area (Å²) in [4.78, 5) is 0.700. The lowest BCUT2D eigenvalue weighted by atomic mass is 10.1. The van der Waals surface area contributed by atoms with Crippen molar-refractivity contribution in [3.63, 3.8) is 0 Å². The van der Waals surface area contributed by atoms with E-state index < -0.39 is 30.0 Å². The Bertz CT molecular complexity index is 960. The van der Waals surface area contributed by atoms with Crippen molar-refractivity contribution in [1.82, 2.24) is 0 Å². The fourth-order valence-corrected chi connectivity index (χ4v) is 3.21. The molecule has 0 fully saturated rings. The first-order valence-electron chi connectivity index (χ1n) is 5.91. The van der Waals surface area contributed by atoms with E-state index in [1.807, 2.05) is 0 Å². The minimum atomic E-state index is -4.50. The van der Waals surface area contributed by atoms with Crippen molar-refractivity contribution in [3.05, 3.63) is 24.3 Å². The predicted octanol–water partition coefficient (Wildman–Crippen LogP) is 0.981. The van der Waals surface area contributed by atoms with Gasteiger partial charge in [-0.3, -0.25) is 9.11 Å². The van der Waals surface area contributed by atoms with Crippen molar-refractivity contribution < 1.29 is 25.9 Å². The van der Waals surface area contributed by atoms with Crippen LogP contribution in [-0.4, -0.2) is 40.0 Å². The summed E-state index contributed by atoms with van der Waals surface area (Å²) in [6.45, 7) is 0. The number of nitrogen functional groups attached to an aromatic ring is 1. The largest absolute Gasteiger partial charge is 0.398 e. The first-order valence-corrected chi connectivity index (χ1v) is 8.79. The highest BCUT2D eigenvalue weighted by Crippen LogP contribution is 2.35. The van der Waals surface area contributed by atoms with Crippen molar-refractivity contribution in [3.8, 4) is 0 Å². The third-order valence-corrected chi connectivity index (χ3v) is 4.75. The molecule has 22 heavy (non-hydrogen) atoms. The minimum absolute atomic E-state index is 0.0516. The fourth-order valence-electron chi connectivity index (χ4n) is 2.12. The molecular weight excluding hydrogens is 332 g/mol. The molecule has 0 aromatic heterocycles. The third kappa shape index (κ3) is 2.99. The maximum atomic E-state index is 11.4. The topological polar surface area (TPSA) is 138 Å². The molecule has 0 saturated carbocycles. The summed E-state index contributed by atoms with van der Waals surface area (Å²) in [5, 5.41) is 0.566. The Labute approximate surface area is 127 Å². The van der Waals surface area contributed by atoms with Crippen LogP contribution < -0.4 is 10.6 Å².